The zero-order valence-corrected chi connectivity index (χ0v) is 10.6. The van der Waals surface area contributed by atoms with Crippen LogP contribution in [0.5, 0.6) is 5.75 Å². The molecule has 1 rings (SSSR count). The fourth-order valence-corrected chi connectivity index (χ4v) is 2.26. The molecule has 1 aromatic carbocycles. The van der Waals surface area contributed by atoms with Crippen LogP contribution in [0.3, 0.4) is 0 Å². The van der Waals surface area contributed by atoms with Crippen molar-refractivity contribution in [1.82, 2.24) is 4.72 Å². The first-order valence-electron chi connectivity index (χ1n) is 5.22. The van der Waals surface area contributed by atoms with Crippen LogP contribution in [0.25, 0.3) is 0 Å². The number of benzene rings is 1. The molecule has 0 bridgehead atoms. The number of carboxylic acids is 1. The van der Waals surface area contributed by atoms with E-state index in [2.05, 4.69) is 0 Å². The van der Waals surface area contributed by atoms with Crippen molar-refractivity contribution in [2.45, 2.75) is 12.5 Å². The molecule has 7 nitrogen and oxygen atoms in total. The lowest BCUT2D eigenvalue weighted by atomic mass is 10.1. The van der Waals surface area contributed by atoms with Crippen LogP contribution in [0, 0.1) is 11.3 Å². The molecule has 0 aliphatic heterocycles. The zero-order chi connectivity index (χ0) is 14.5. The molecule has 0 amide bonds. The topological polar surface area (TPSA) is 127 Å². The van der Waals surface area contributed by atoms with Gasteiger partial charge in [0.15, 0.2) is 5.75 Å². The lowest BCUT2D eigenvalue weighted by Crippen LogP contribution is -2.43. The predicted molar refractivity (Wildman–Crippen MR) is 65.8 cm³/mol. The fraction of sp³-hybridized carbons (Fsp3) is 0.273. The smallest absolute Gasteiger partial charge is 0.322 e. The van der Waals surface area contributed by atoms with Crippen LogP contribution in [0.15, 0.2) is 24.3 Å². The molecule has 0 spiro atoms. The SMILES string of the molecule is N#CCS(=O)(=O)N[C@@H](Cc1ccc(O)cc1)C(=O)O. The highest BCUT2D eigenvalue weighted by molar-refractivity contribution is 7.89. The lowest BCUT2D eigenvalue weighted by molar-refractivity contribution is -0.138. The molecule has 3 N–H and O–H groups in total. The maximum atomic E-state index is 11.4. The standard InChI is InChI=1S/C11H12N2O5S/c12-5-6-19(17,18)13-10(11(15)16)7-8-1-3-9(14)4-2-8/h1-4,10,13-14H,6-7H2,(H,15,16)/t10-/m0/s1. The van der Waals surface area contributed by atoms with Gasteiger partial charge in [0.2, 0.25) is 10.0 Å². The Morgan fingerprint density at radius 2 is 1.95 bits per heavy atom. The summed E-state index contributed by atoms with van der Waals surface area (Å²) in [5.74, 6) is -2.11. The fourth-order valence-electron chi connectivity index (χ4n) is 1.39. The van der Waals surface area contributed by atoms with E-state index in [-0.39, 0.29) is 12.2 Å². The predicted octanol–water partition coefficient (Wildman–Crippen LogP) is -0.169. The Kier molecular flexibility index (Phi) is 4.86. The summed E-state index contributed by atoms with van der Waals surface area (Å²) < 4.78 is 24.7. The monoisotopic (exact) mass is 284 g/mol. The Labute approximate surface area is 110 Å². The van der Waals surface area contributed by atoms with Crippen LogP contribution in [-0.2, 0) is 21.2 Å². The highest BCUT2D eigenvalue weighted by atomic mass is 32.2. The Morgan fingerprint density at radius 1 is 1.37 bits per heavy atom. The Hall–Kier alpha value is -2.11. The number of phenols is 1. The van der Waals surface area contributed by atoms with E-state index in [0.29, 0.717) is 5.56 Å². The van der Waals surface area contributed by atoms with E-state index in [0.717, 1.165) is 0 Å². The van der Waals surface area contributed by atoms with Gasteiger partial charge in [-0.2, -0.15) is 9.98 Å². The number of carbonyl (C=O) groups is 1. The zero-order valence-electron chi connectivity index (χ0n) is 9.78. The average molecular weight is 284 g/mol. The quantitative estimate of drug-likeness (QED) is 0.665. The van der Waals surface area contributed by atoms with E-state index < -0.39 is 27.8 Å². The van der Waals surface area contributed by atoms with Gasteiger partial charge in [0.25, 0.3) is 0 Å². The van der Waals surface area contributed by atoms with Gasteiger partial charge in [-0.15, -0.1) is 0 Å². The third-order valence-corrected chi connectivity index (χ3v) is 3.40. The largest absolute Gasteiger partial charge is 0.508 e. The minimum Gasteiger partial charge on any atom is -0.508 e. The van der Waals surface area contributed by atoms with Crippen molar-refractivity contribution in [3.63, 3.8) is 0 Å². The number of nitrogens with one attached hydrogen (secondary N) is 1. The maximum Gasteiger partial charge on any atom is 0.322 e. The second kappa shape index (κ2) is 6.17. The molecule has 0 radical (unpaired) electrons. The summed E-state index contributed by atoms with van der Waals surface area (Å²) in [6, 6.07) is 5.81. The number of aliphatic carboxylic acids is 1. The van der Waals surface area contributed by atoms with E-state index in [4.69, 9.17) is 15.5 Å². The molecule has 1 aromatic rings. The van der Waals surface area contributed by atoms with Crippen LogP contribution >= 0.6 is 0 Å². The first-order chi connectivity index (χ1) is 8.84. The molecule has 0 fully saturated rings. The summed E-state index contributed by atoms with van der Waals surface area (Å²) in [6.45, 7) is 0. The molecular weight excluding hydrogens is 272 g/mol. The van der Waals surface area contributed by atoms with Crippen LogP contribution in [0.4, 0.5) is 0 Å². The molecule has 102 valence electrons. The van der Waals surface area contributed by atoms with Crippen molar-refractivity contribution < 1.29 is 23.4 Å². The van der Waals surface area contributed by atoms with Gasteiger partial charge in [0.05, 0.1) is 6.07 Å². The minimum atomic E-state index is -3.95. The molecule has 1 atom stereocenters. The van der Waals surface area contributed by atoms with Crippen molar-refractivity contribution in [1.29, 1.82) is 5.26 Å². The highest BCUT2D eigenvalue weighted by Crippen LogP contribution is 2.11. The van der Waals surface area contributed by atoms with Gasteiger partial charge in [-0.1, -0.05) is 12.1 Å². The van der Waals surface area contributed by atoms with Crippen molar-refractivity contribution in [2.75, 3.05) is 5.75 Å². The van der Waals surface area contributed by atoms with Gasteiger partial charge in [-0.05, 0) is 24.1 Å². The van der Waals surface area contributed by atoms with Crippen molar-refractivity contribution in [3.8, 4) is 11.8 Å². The first kappa shape index (κ1) is 14.9. The number of hydrogen-bond acceptors (Lipinski definition) is 5. The number of nitriles is 1. The van der Waals surface area contributed by atoms with E-state index in [1.165, 1.54) is 30.3 Å². The van der Waals surface area contributed by atoms with Crippen LogP contribution < -0.4 is 4.72 Å². The molecule has 0 saturated heterocycles. The molecule has 0 aliphatic rings. The number of aromatic hydroxyl groups is 1. The van der Waals surface area contributed by atoms with Gasteiger partial charge in [-0.3, -0.25) is 4.79 Å². The molecule has 0 heterocycles. The van der Waals surface area contributed by atoms with Gasteiger partial charge < -0.3 is 10.2 Å². The Morgan fingerprint density at radius 3 is 2.42 bits per heavy atom. The average Bonchev–Trinajstić information content (AvgIpc) is 2.30. The van der Waals surface area contributed by atoms with E-state index in [1.54, 1.807) is 0 Å². The summed E-state index contributed by atoms with van der Waals surface area (Å²) in [4.78, 5) is 11.0. The molecular formula is C11H12N2O5S. The molecule has 0 aromatic heterocycles. The van der Waals surface area contributed by atoms with Gasteiger partial charge >= 0.3 is 5.97 Å². The summed E-state index contributed by atoms with van der Waals surface area (Å²) >= 11 is 0. The first-order valence-corrected chi connectivity index (χ1v) is 6.87. The molecule has 8 heteroatoms. The number of rotatable bonds is 6. The number of phenolic OH excluding ortho intramolecular Hbond substituents is 1. The van der Waals surface area contributed by atoms with Crippen LogP contribution in [-0.4, -0.2) is 36.4 Å². The number of hydrogen-bond donors (Lipinski definition) is 3. The summed E-state index contributed by atoms with van der Waals surface area (Å²) in [5.41, 5.74) is 0.546. The lowest BCUT2D eigenvalue weighted by Gasteiger charge is -2.13. The van der Waals surface area contributed by atoms with Gasteiger partial charge in [0, 0.05) is 0 Å². The molecule has 0 saturated carbocycles. The summed E-state index contributed by atoms with van der Waals surface area (Å²) in [7, 11) is -3.95. The number of carboxylic acid groups (broad SMARTS) is 1. The van der Waals surface area contributed by atoms with Crippen LogP contribution in [0.1, 0.15) is 5.56 Å². The second-order valence-electron chi connectivity index (χ2n) is 3.80. The van der Waals surface area contributed by atoms with E-state index in [9.17, 15) is 13.2 Å². The third kappa shape index (κ3) is 4.95. The molecule has 0 unspecified atom stereocenters. The van der Waals surface area contributed by atoms with Crippen molar-refractivity contribution in [3.05, 3.63) is 29.8 Å². The van der Waals surface area contributed by atoms with Crippen molar-refractivity contribution in [2.24, 2.45) is 0 Å². The van der Waals surface area contributed by atoms with Crippen molar-refractivity contribution >= 4 is 16.0 Å². The minimum absolute atomic E-state index is 0.0284. The third-order valence-electron chi connectivity index (χ3n) is 2.25. The maximum absolute atomic E-state index is 11.4. The second-order valence-corrected chi connectivity index (χ2v) is 5.55. The van der Waals surface area contributed by atoms with Gasteiger partial charge in [-0.25, -0.2) is 8.42 Å². The molecule has 0 aliphatic carbocycles. The van der Waals surface area contributed by atoms with Crippen LogP contribution in [0.2, 0.25) is 0 Å². The normalized spacial score (nSPS) is 12.6. The Balaban J connectivity index is 2.83. The molecule has 19 heavy (non-hydrogen) atoms. The number of nitrogens with zero attached hydrogens (tertiary/aromatic N) is 1. The number of sulfonamides is 1. The Bertz CT molecular complexity index is 589. The van der Waals surface area contributed by atoms with Gasteiger partial charge in [0.1, 0.15) is 11.8 Å². The summed E-state index contributed by atoms with van der Waals surface area (Å²) in [5, 5.41) is 26.4. The highest BCUT2D eigenvalue weighted by Gasteiger charge is 2.24. The van der Waals surface area contributed by atoms with E-state index >= 15 is 0 Å². The summed E-state index contributed by atoms with van der Waals surface area (Å²) in [6.07, 6.45) is -0.0831. The van der Waals surface area contributed by atoms with E-state index in [1.807, 2.05) is 4.72 Å².